The van der Waals surface area contributed by atoms with Gasteiger partial charge in [0.2, 0.25) is 5.95 Å². The van der Waals surface area contributed by atoms with Crippen molar-refractivity contribution in [3.8, 4) is 11.3 Å². The summed E-state index contributed by atoms with van der Waals surface area (Å²) in [4.78, 5) is 32.6. The van der Waals surface area contributed by atoms with Gasteiger partial charge in [-0.1, -0.05) is 30.3 Å². The summed E-state index contributed by atoms with van der Waals surface area (Å²) in [5.74, 6) is -1.07. The summed E-state index contributed by atoms with van der Waals surface area (Å²) in [5.41, 5.74) is 7.45. The third-order valence-electron chi connectivity index (χ3n) is 3.90. The zero-order valence-electron chi connectivity index (χ0n) is 14.9. The lowest BCUT2D eigenvalue weighted by atomic mass is 10.1. The Morgan fingerprint density at radius 3 is 2.25 bits per heavy atom. The maximum atomic E-state index is 12.9. The summed E-state index contributed by atoms with van der Waals surface area (Å²) in [6.07, 6.45) is 1.37. The monoisotopic (exact) mass is 379 g/mol. The van der Waals surface area contributed by atoms with Crippen molar-refractivity contribution < 1.29 is 14.0 Å². The van der Waals surface area contributed by atoms with Crippen LogP contribution in [0.2, 0.25) is 0 Å². The van der Waals surface area contributed by atoms with E-state index in [1.165, 1.54) is 30.5 Å². The smallest absolute Gasteiger partial charge is 0.255 e. The van der Waals surface area contributed by atoms with Crippen LogP contribution in [-0.4, -0.2) is 34.9 Å². The van der Waals surface area contributed by atoms with Crippen molar-refractivity contribution in [3.63, 3.8) is 0 Å². The maximum Gasteiger partial charge on any atom is 0.255 e. The number of anilines is 1. The first-order valence-electron chi connectivity index (χ1n) is 8.54. The highest BCUT2D eigenvalue weighted by molar-refractivity contribution is 5.99. The highest BCUT2D eigenvalue weighted by Crippen LogP contribution is 2.21. The van der Waals surface area contributed by atoms with Gasteiger partial charge >= 0.3 is 0 Å². The number of amides is 2. The molecular weight excluding hydrogens is 361 g/mol. The highest BCUT2D eigenvalue weighted by Gasteiger charge is 2.15. The van der Waals surface area contributed by atoms with Crippen LogP contribution in [0.5, 0.6) is 0 Å². The molecule has 0 atom stereocenters. The molecule has 3 aromatic rings. The molecule has 7 nitrogen and oxygen atoms in total. The van der Waals surface area contributed by atoms with Crippen molar-refractivity contribution in [2.45, 2.75) is 0 Å². The molecule has 28 heavy (non-hydrogen) atoms. The van der Waals surface area contributed by atoms with E-state index >= 15 is 0 Å². The molecule has 1 aromatic heterocycles. The molecule has 0 fully saturated rings. The molecule has 1 heterocycles. The quantitative estimate of drug-likeness (QED) is 0.568. The van der Waals surface area contributed by atoms with Gasteiger partial charge < -0.3 is 16.4 Å². The van der Waals surface area contributed by atoms with Gasteiger partial charge in [-0.05, 0) is 24.3 Å². The summed E-state index contributed by atoms with van der Waals surface area (Å²) in [6.45, 7) is 0.406. The molecule has 0 unspecified atom stereocenters. The van der Waals surface area contributed by atoms with E-state index < -0.39 is 5.82 Å². The van der Waals surface area contributed by atoms with Gasteiger partial charge in [-0.3, -0.25) is 9.59 Å². The molecule has 0 aliphatic rings. The molecular formula is C20H18FN5O2. The lowest BCUT2D eigenvalue weighted by molar-refractivity contribution is 0.0927. The van der Waals surface area contributed by atoms with Crippen LogP contribution in [0, 0.1) is 5.82 Å². The number of carbonyl (C=O) groups excluding carboxylic acids is 2. The van der Waals surface area contributed by atoms with E-state index in [-0.39, 0.29) is 36.4 Å². The SMILES string of the molecule is Nc1ncc(C(=O)NCCNC(=O)c2ccc(F)cc2)c(-c2ccccc2)n1. The van der Waals surface area contributed by atoms with Crippen molar-refractivity contribution in [1.82, 2.24) is 20.6 Å². The Bertz CT molecular complexity index is 978. The number of hydrogen-bond acceptors (Lipinski definition) is 5. The van der Waals surface area contributed by atoms with Crippen LogP contribution in [-0.2, 0) is 0 Å². The summed E-state index contributed by atoms with van der Waals surface area (Å²) in [6, 6.07) is 14.4. The fourth-order valence-electron chi connectivity index (χ4n) is 2.53. The minimum atomic E-state index is -0.413. The van der Waals surface area contributed by atoms with Gasteiger partial charge in [0.1, 0.15) is 5.82 Å². The Kier molecular flexibility index (Phi) is 5.91. The Balaban J connectivity index is 1.60. The summed E-state index contributed by atoms with van der Waals surface area (Å²) >= 11 is 0. The number of carbonyl (C=O) groups is 2. The van der Waals surface area contributed by atoms with E-state index in [9.17, 15) is 14.0 Å². The molecule has 0 saturated heterocycles. The van der Waals surface area contributed by atoms with E-state index in [4.69, 9.17) is 5.73 Å². The molecule has 0 aliphatic heterocycles. The average Bonchev–Trinajstić information content (AvgIpc) is 2.72. The summed E-state index contributed by atoms with van der Waals surface area (Å²) in [5, 5.41) is 5.36. The predicted octanol–water partition coefficient (Wildman–Crippen LogP) is 2.02. The Morgan fingerprint density at radius 2 is 1.57 bits per heavy atom. The first kappa shape index (κ1) is 19.0. The second kappa shape index (κ2) is 8.72. The van der Waals surface area contributed by atoms with Gasteiger partial charge in [-0.2, -0.15) is 0 Å². The Labute approximate surface area is 160 Å². The van der Waals surface area contributed by atoms with Crippen LogP contribution in [0.25, 0.3) is 11.3 Å². The number of aromatic nitrogens is 2. The second-order valence-corrected chi connectivity index (χ2v) is 5.88. The number of nitrogens with two attached hydrogens (primary N) is 1. The number of rotatable bonds is 6. The van der Waals surface area contributed by atoms with E-state index in [0.717, 1.165) is 5.56 Å². The van der Waals surface area contributed by atoms with Crippen LogP contribution in [0.4, 0.5) is 10.3 Å². The number of benzene rings is 2. The Hall–Kier alpha value is -3.81. The molecule has 8 heteroatoms. The number of halogens is 1. The standard InChI is InChI=1S/C20H18FN5O2/c21-15-8-6-14(7-9-15)18(27)23-10-11-24-19(28)16-12-25-20(22)26-17(16)13-4-2-1-3-5-13/h1-9,12H,10-11H2,(H,23,27)(H,24,28)(H2,22,25,26). The Morgan fingerprint density at radius 1 is 0.929 bits per heavy atom. The van der Waals surface area contributed by atoms with Gasteiger partial charge in [0, 0.05) is 30.4 Å². The van der Waals surface area contributed by atoms with E-state index in [1.807, 2.05) is 30.3 Å². The van der Waals surface area contributed by atoms with Crippen molar-refractivity contribution in [2.75, 3.05) is 18.8 Å². The van der Waals surface area contributed by atoms with Gasteiger partial charge in [0.05, 0.1) is 11.3 Å². The van der Waals surface area contributed by atoms with Gasteiger partial charge in [0.15, 0.2) is 0 Å². The lowest BCUT2D eigenvalue weighted by Gasteiger charge is -2.10. The minimum Gasteiger partial charge on any atom is -0.368 e. The fraction of sp³-hybridized carbons (Fsp3) is 0.100. The third kappa shape index (κ3) is 4.67. The van der Waals surface area contributed by atoms with Crippen molar-refractivity contribution in [2.24, 2.45) is 0 Å². The lowest BCUT2D eigenvalue weighted by Crippen LogP contribution is -2.35. The van der Waals surface area contributed by atoms with Gasteiger partial charge in [-0.15, -0.1) is 0 Å². The van der Waals surface area contributed by atoms with Gasteiger partial charge in [-0.25, -0.2) is 14.4 Å². The molecule has 4 N–H and O–H groups in total. The van der Waals surface area contributed by atoms with Crippen LogP contribution in [0.3, 0.4) is 0 Å². The molecule has 2 aromatic carbocycles. The van der Waals surface area contributed by atoms with Gasteiger partial charge in [0.25, 0.3) is 11.8 Å². The van der Waals surface area contributed by atoms with Crippen molar-refractivity contribution in [1.29, 1.82) is 0 Å². The average molecular weight is 379 g/mol. The highest BCUT2D eigenvalue weighted by atomic mass is 19.1. The molecule has 2 amide bonds. The maximum absolute atomic E-state index is 12.9. The van der Waals surface area contributed by atoms with Crippen LogP contribution >= 0.6 is 0 Å². The van der Waals surface area contributed by atoms with E-state index in [0.29, 0.717) is 11.3 Å². The third-order valence-corrected chi connectivity index (χ3v) is 3.90. The number of hydrogen-bond donors (Lipinski definition) is 3. The molecule has 142 valence electrons. The topological polar surface area (TPSA) is 110 Å². The number of nitrogens with one attached hydrogen (secondary N) is 2. The van der Waals surface area contributed by atoms with E-state index in [2.05, 4.69) is 20.6 Å². The van der Waals surface area contributed by atoms with Crippen LogP contribution < -0.4 is 16.4 Å². The minimum absolute atomic E-state index is 0.0713. The number of nitrogen functional groups attached to an aromatic ring is 1. The normalized spacial score (nSPS) is 10.3. The first-order valence-corrected chi connectivity index (χ1v) is 8.54. The number of nitrogens with zero attached hydrogens (tertiary/aromatic N) is 2. The summed E-state index contributed by atoms with van der Waals surface area (Å²) < 4.78 is 12.9. The zero-order valence-corrected chi connectivity index (χ0v) is 14.9. The molecule has 0 spiro atoms. The van der Waals surface area contributed by atoms with E-state index in [1.54, 1.807) is 0 Å². The molecule has 3 rings (SSSR count). The predicted molar refractivity (Wildman–Crippen MR) is 103 cm³/mol. The van der Waals surface area contributed by atoms with Crippen LogP contribution in [0.1, 0.15) is 20.7 Å². The molecule has 0 radical (unpaired) electrons. The summed E-state index contributed by atoms with van der Waals surface area (Å²) in [7, 11) is 0. The second-order valence-electron chi connectivity index (χ2n) is 5.88. The molecule has 0 aliphatic carbocycles. The fourth-order valence-corrected chi connectivity index (χ4v) is 2.53. The van der Waals surface area contributed by atoms with Crippen molar-refractivity contribution >= 4 is 17.8 Å². The largest absolute Gasteiger partial charge is 0.368 e. The van der Waals surface area contributed by atoms with Crippen molar-refractivity contribution in [3.05, 3.63) is 77.7 Å². The molecule has 0 bridgehead atoms. The zero-order chi connectivity index (χ0) is 19.9. The van der Waals surface area contributed by atoms with Crippen LogP contribution in [0.15, 0.2) is 60.8 Å². The first-order chi connectivity index (χ1) is 13.5. The molecule has 0 saturated carbocycles.